The molecule has 0 aromatic rings. The van der Waals surface area contributed by atoms with Crippen molar-refractivity contribution in [2.75, 3.05) is 32.1 Å². The number of nitrogens with zero attached hydrogens (tertiary/aromatic N) is 2. The van der Waals surface area contributed by atoms with Gasteiger partial charge in [-0.3, -0.25) is 4.79 Å². The molecule has 1 amide bonds. The van der Waals surface area contributed by atoms with Crippen LogP contribution in [-0.2, 0) is 19.6 Å². The first kappa shape index (κ1) is 21.6. The summed E-state index contributed by atoms with van der Waals surface area (Å²) in [7, 11) is -3.37. The minimum Gasteiger partial charge on any atom is -0.381 e. The molecule has 0 aromatic heterocycles. The Bertz CT molecular complexity index is 683. The van der Waals surface area contributed by atoms with Crippen molar-refractivity contribution in [2.24, 2.45) is 4.40 Å². The maximum atomic E-state index is 12.2. The Morgan fingerprint density at radius 2 is 1.89 bits per heavy atom. The lowest BCUT2D eigenvalue weighted by Gasteiger charge is -2.26. The second kappa shape index (κ2) is 11.2. The molecule has 152 valence electrons. The highest BCUT2D eigenvalue weighted by molar-refractivity contribution is 7.90. The Kier molecular flexibility index (Phi) is 9.00. The fraction of sp³-hybridized carbons (Fsp3) is 0.684. The van der Waals surface area contributed by atoms with E-state index in [1.165, 1.54) is 32.1 Å². The van der Waals surface area contributed by atoms with Gasteiger partial charge in [0.2, 0.25) is 0 Å². The van der Waals surface area contributed by atoms with Gasteiger partial charge in [0, 0.05) is 32.5 Å². The molecule has 0 fully saturated rings. The number of unbranched alkanes of at least 4 members (excludes halogenated alkanes) is 5. The lowest BCUT2D eigenvalue weighted by molar-refractivity contribution is -0.117. The van der Waals surface area contributed by atoms with E-state index in [0.29, 0.717) is 31.1 Å². The van der Waals surface area contributed by atoms with Crippen molar-refractivity contribution < 1.29 is 17.9 Å². The number of hydrogen-bond acceptors (Lipinski definition) is 5. The van der Waals surface area contributed by atoms with E-state index < -0.39 is 10.0 Å². The van der Waals surface area contributed by atoms with Crippen LogP contribution in [0.5, 0.6) is 0 Å². The fourth-order valence-electron chi connectivity index (χ4n) is 2.90. The summed E-state index contributed by atoms with van der Waals surface area (Å²) in [5, 5.41) is 2.87. The van der Waals surface area contributed by atoms with Crippen molar-refractivity contribution in [1.82, 2.24) is 10.2 Å². The number of rotatable bonds is 12. The normalized spacial score (nSPS) is 17.9. The van der Waals surface area contributed by atoms with Crippen molar-refractivity contribution in [3.05, 3.63) is 23.9 Å². The second-order valence-corrected chi connectivity index (χ2v) is 8.59. The van der Waals surface area contributed by atoms with Crippen LogP contribution in [0.1, 0.15) is 51.9 Å². The van der Waals surface area contributed by atoms with Gasteiger partial charge in [-0.25, -0.2) is 8.42 Å². The molecule has 0 bridgehead atoms. The molecule has 27 heavy (non-hydrogen) atoms. The Balaban J connectivity index is 1.57. The van der Waals surface area contributed by atoms with E-state index >= 15 is 0 Å². The zero-order chi connectivity index (χ0) is 19.5. The maximum absolute atomic E-state index is 12.2. The zero-order valence-electron chi connectivity index (χ0n) is 16.2. The van der Waals surface area contributed by atoms with Crippen LogP contribution in [0.15, 0.2) is 28.3 Å². The highest BCUT2D eigenvalue weighted by Crippen LogP contribution is 2.15. The van der Waals surface area contributed by atoms with Gasteiger partial charge < -0.3 is 15.0 Å². The summed E-state index contributed by atoms with van der Waals surface area (Å²) in [5.41, 5.74) is 0.501. The van der Waals surface area contributed by atoms with E-state index in [9.17, 15) is 13.2 Å². The van der Waals surface area contributed by atoms with Crippen LogP contribution in [0, 0.1) is 0 Å². The number of amides is 1. The van der Waals surface area contributed by atoms with Crippen LogP contribution in [0.4, 0.5) is 0 Å². The van der Waals surface area contributed by atoms with Crippen LogP contribution < -0.4 is 5.32 Å². The van der Waals surface area contributed by atoms with Crippen LogP contribution >= 0.6 is 0 Å². The number of carbonyl (C=O) groups excluding carboxylic acids is 1. The van der Waals surface area contributed by atoms with Gasteiger partial charge in [-0.1, -0.05) is 39.0 Å². The molecule has 0 spiro atoms. The molecule has 8 heteroatoms. The average molecular weight is 398 g/mol. The highest BCUT2D eigenvalue weighted by Gasteiger charge is 2.24. The van der Waals surface area contributed by atoms with Gasteiger partial charge in [-0.2, -0.15) is 0 Å². The molecule has 2 aliphatic rings. The third-order valence-corrected chi connectivity index (χ3v) is 5.64. The average Bonchev–Trinajstić information content (AvgIpc) is 2.65. The van der Waals surface area contributed by atoms with Crippen molar-refractivity contribution in [3.8, 4) is 0 Å². The molecular formula is C19H31N3O4S. The van der Waals surface area contributed by atoms with Crippen molar-refractivity contribution >= 4 is 21.8 Å². The van der Waals surface area contributed by atoms with E-state index in [-0.39, 0.29) is 11.7 Å². The van der Waals surface area contributed by atoms with E-state index in [2.05, 4.69) is 16.6 Å². The van der Waals surface area contributed by atoms with E-state index in [0.717, 1.165) is 19.4 Å². The molecule has 0 unspecified atom stereocenters. The minimum absolute atomic E-state index is 0.0360. The molecule has 2 rings (SSSR count). The summed E-state index contributed by atoms with van der Waals surface area (Å²) in [5.74, 6) is 0.154. The lowest BCUT2D eigenvalue weighted by atomic mass is 10.1. The maximum Gasteiger partial charge on any atom is 0.256 e. The molecule has 0 radical (unpaired) electrons. The van der Waals surface area contributed by atoms with Crippen LogP contribution in [0.2, 0.25) is 0 Å². The quantitative estimate of drug-likeness (QED) is 0.511. The summed E-state index contributed by atoms with van der Waals surface area (Å²) >= 11 is 0. The van der Waals surface area contributed by atoms with E-state index in [4.69, 9.17) is 4.74 Å². The summed E-state index contributed by atoms with van der Waals surface area (Å²) < 4.78 is 32.3. The van der Waals surface area contributed by atoms with Gasteiger partial charge in [-0.15, -0.1) is 4.40 Å². The fourth-order valence-corrected chi connectivity index (χ4v) is 3.87. The Morgan fingerprint density at radius 1 is 1.15 bits per heavy atom. The molecule has 7 nitrogen and oxygen atoms in total. The number of nitrogens with one attached hydrogen (secondary N) is 1. The summed E-state index contributed by atoms with van der Waals surface area (Å²) in [6.45, 7) is 4.51. The number of sulfonamides is 1. The van der Waals surface area contributed by atoms with Crippen LogP contribution in [0.3, 0.4) is 0 Å². The standard InChI is InChI=1S/C19H31N3O4S/c1-2-3-4-5-6-7-13-26-14-8-11-20-19(23)17-9-10-18-21-27(24,25)15-12-22(18)16-17/h9-10,16H,2-8,11-15H2,1H3,(H,20,23). The number of carbonyl (C=O) groups is 1. The van der Waals surface area contributed by atoms with Gasteiger partial charge in [0.1, 0.15) is 5.84 Å². The van der Waals surface area contributed by atoms with Crippen molar-refractivity contribution in [3.63, 3.8) is 0 Å². The molecular weight excluding hydrogens is 366 g/mol. The van der Waals surface area contributed by atoms with Crippen molar-refractivity contribution in [1.29, 1.82) is 0 Å². The Hall–Kier alpha value is -1.67. The molecule has 2 heterocycles. The molecule has 0 saturated heterocycles. The van der Waals surface area contributed by atoms with Gasteiger partial charge in [0.05, 0.1) is 11.3 Å². The number of hydrogen-bond donors (Lipinski definition) is 1. The molecule has 2 aliphatic heterocycles. The van der Waals surface area contributed by atoms with Gasteiger partial charge in [-0.05, 0) is 25.0 Å². The predicted octanol–water partition coefficient (Wildman–Crippen LogP) is 2.37. The van der Waals surface area contributed by atoms with Gasteiger partial charge >= 0.3 is 0 Å². The summed E-state index contributed by atoms with van der Waals surface area (Å²) in [4.78, 5) is 13.9. The van der Waals surface area contributed by atoms with Crippen molar-refractivity contribution in [2.45, 2.75) is 51.9 Å². The molecule has 1 N–H and O–H groups in total. The monoisotopic (exact) mass is 397 g/mol. The number of fused-ring (bicyclic) bond motifs is 1. The molecule has 0 aromatic carbocycles. The summed E-state index contributed by atoms with van der Waals surface area (Å²) in [6, 6.07) is 0. The molecule has 0 aliphatic carbocycles. The van der Waals surface area contributed by atoms with Crippen LogP contribution in [-0.4, -0.2) is 57.1 Å². The van der Waals surface area contributed by atoms with Crippen LogP contribution in [0.25, 0.3) is 0 Å². The number of amidine groups is 1. The van der Waals surface area contributed by atoms with Gasteiger partial charge in [0.15, 0.2) is 0 Å². The largest absolute Gasteiger partial charge is 0.381 e. The smallest absolute Gasteiger partial charge is 0.256 e. The lowest BCUT2D eigenvalue weighted by Crippen LogP contribution is -2.38. The van der Waals surface area contributed by atoms with E-state index in [1.807, 2.05) is 0 Å². The second-order valence-electron chi connectivity index (χ2n) is 6.84. The summed E-state index contributed by atoms with van der Waals surface area (Å²) in [6.07, 6.45) is 13.1. The SMILES string of the molecule is CCCCCCCCOCCCNC(=O)C1=CN2CCS(=O)(=O)N=C2C=C1. The highest BCUT2D eigenvalue weighted by atomic mass is 32.2. The Labute approximate surface area is 162 Å². The van der Waals surface area contributed by atoms with Gasteiger partial charge in [0.25, 0.3) is 15.9 Å². The third kappa shape index (κ3) is 7.84. The van der Waals surface area contributed by atoms with E-state index in [1.54, 1.807) is 23.3 Å². The zero-order valence-corrected chi connectivity index (χ0v) is 17.0. The Morgan fingerprint density at radius 3 is 2.70 bits per heavy atom. The number of ether oxygens (including phenoxy) is 1. The predicted molar refractivity (Wildman–Crippen MR) is 107 cm³/mol. The first-order valence-corrected chi connectivity index (χ1v) is 11.5. The first-order chi connectivity index (χ1) is 13.0. The first-order valence-electron chi connectivity index (χ1n) is 9.87. The molecule has 0 saturated carbocycles. The topological polar surface area (TPSA) is 88.1 Å². The molecule has 0 atom stereocenters. The minimum atomic E-state index is -3.37. The third-order valence-electron chi connectivity index (χ3n) is 4.48.